The average molecular weight is 603 g/mol. The molecular formula is C30H34O13. The molecule has 3 N–H and O–H groups in total. The zero-order valence-electron chi connectivity index (χ0n) is 24.1. The molecule has 13 heteroatoms. The normalized spacial score (nSPS) is 35.4. The molecule has 3 saturated heterocycles. The van der Waals surface area contributed by atoms with E-state index in [0.717, 1.165) is 0 Å². The van der Waals surface area contributed by atoms with Crippen LogP contribution in [0.15, 0.2) is 24.3 Å². The van der Waals surface area contributed by atoms with E-state index in [0.29, 0.717) is 28.2 Å². The van der Waals surface area contributed by atoms with E-state index in [4.69, 9.17) is 42.6 Å². The molecule has 3 fully saturated rings. The maximum Gasteiger partial charge on any atom is 0.310 e. The van der Waals surface area contributed by atoms with Crippen molar-refractivity contribution in [2.45, 2.75) is 62.4 Å². The number of hydrogen-bond donors (Lipinski definition) is 3. The summed E-state index contributed by atoms with van der Waals surface area (Å²) in [5.41, 5.74) is 2.01. The first-order valence-electron chi connectivity index (χ1n) is 14.1. The monoisotopic (exact) mass is 602 g/mol. The SMILES string of the molecule is COc1cc([C@@H]2c3cc4c(cc3[C@@H](O[C@@H]3O[C@@H]5COC(C)(C)O[C@H]5[C@H](O)[C@H]3O)[C@H]3COC(=O)[C@H]23)OCO4)cc(OC)c1O. The van der Waals surface area contributed by atoms with Crippen LogP contribution in [0.5, 0.6) is 28.7 Å². The molecule has 5 aliphatic rings. The summed E-state index contributed by atoms with van der Waals surface area (Å²) in [6.07, 6.45) is -6.35. The summed E-state index contributed by atoms with van der Waals surface area (Å²) in [6.45, 7) is 3.65. The van der Waals surface area contributed by atoms with Crippen molar-refractivity contribution >= 4 is 5.97 Å². The van der Waals surface area contributed by atoms with Crippen LogP contribution in [0, 0.1) is 11.8 Å². The molecule has 4 aliphatic heterocycles. The fraction of sp³-hybridized carbons (Fsp3) is 0.567. The second kappa shape index (κ2) is 10.4. The summed E-state index contributed by atoms with van der Waals surface area (Å²) >= 11 is 0. The first-order chi connectivity index (χ1) is 20.6. The van der Waals surface area contributed by atoms with Gasteiger partial charge in [-0.1, -0.05) is 0 Å². The Morgan fingerprint density at radius 2 is 1.58 bits per heavy atom. The number of aliphatic hydroxyl groups excluding tert-OH is 2. The first-order valence-corrected chi connectivity index (χ1v) is 14.1. The van der Waals surface area contributed by atoms with Crippen LogP contribution in [0.4, 0.5) is 0 Å². The standard InChI is InChI=1S/C30H34O13/c1-30(2)40-10-20-27(43-30)24(32)25(33)29(41-20)42-26-14-8-17-16(38-11-39-17)7-13(14)21(22-15(26)9-37-28(22)34)12-5-18(35-3)23(31)19(6-12)36-4/h5-8,15,20-22,24-27,29,31-33H,9-11H2,1-4H3/t15-,20+,21+,22-,24+,25+,26+,27+,29-/m0/s1. The van der Waals surface area contributed by atoms with Gasteiger partial charge in [-0.15, -0.1) is 0 Å². The lowest BCUT2D eigenvalue weighted by Gasteiger charge is -2.49. The molecule has 9 atom stereocenters. The van der Waals surface area contributed by atoms with E-state index in [1.54, 1.807) is 38.1 Å². The minimum Gasteiger partial charge on any atom is -0.502 e. The van der Waals surface area contributed by atoms with Gasteiger partial charge in [0, 0.05) is 11.8 Å². The predicted octanol–water partition coefficient (Wildman–Crippen LogP) is 1.73. The van der Waals surface area contributed by atoms with Crippen LogP contribution in [0.25, 0.3) is 0 Å². The van der Waals surface area contributed by atoms with Gasteiger partial charge in [0.2, 0.25) is 12.5 Å². The number of carbonyl (C=O) groups is 1. The van der Waals surface area contributed by atoms with Gasteiger partial charge < -0.3 is 58.0 Å². The molecule has 0 saturated carbocycles. The molecule has 13 nitrogen and oxygen atoms in total. The highest BCUT2D eigenvalue weighted by Gasteiger charge is 2.56. The number of ether oxygens (including phenoxy) is 9. The maximum atomic E-state index is 13.4. The Bertz CT molecular complexity index is 1400. The van der Waals surface area contributed by atoms with Crippen LogP contribution in [-0.2, 0) is 28.5 Å². The van der Waals surface area contributed by atoms with Crippen molar-refractivity contribution in [2.75, 3.05) is 34.2 Å². The van der Waals surface area contributed by atoms with E-state index in [-0.39, 0.29) is 37.3 Å². The maximum absolute atomic E-state index is 13.4. The number of hydrogen-bond acceptors (Lipinski definition) is 13. The van der Waals surface area contributed by atoms with Gasteiger partial charge in [-0.2, -0.15) is 0 Å². The first kappa shape index (κ1) is 28.4. The number of cyclic esters (lactones) is 1. The van der Waals surface area contributed by atoms with E-state index >= 15 is 0 Å². The number of benzene rings is 2. The van der Waals surface area contributed by atoms with Crippen molar-refractivity contribution in [2.24, 2.45) is 11.8 Å². The number of aromatic hydroxyl groups is 1. The van der Waals surface area contributed by atoms with Crippen LogP contribution < -0.4 is 18.9 Å². The number of methoxy groups -OCH3 is 2. The minimum atomic E-state index is -1.45. The number of phenols is 1. The molecule has 4 heterocycles. The molecule has 1 aliphatic carbocycles. The number of aliphatic hydroxyl groups is 2. The van der Waals surface area contributed by atoms with E-state index < -0.39 is 66.3 Å². The summed E-state index contributed by atoms with van der Waals surface area (Å²) in [6, 6.07) is 6.93. The van der Waals surface area contributed by atoms with Gasteiger partial charge in [-0.3, -0.25) is 4.79 Å². The molecule has 7 rings (SSSR count). The molecule has 0 unspecified atom stereocenters. The van der Waals surface area contributed by atoms with Crippen LogP contribution in [0.3, 0.4) is 0 Å². The van der Waals surface area contributed by atoms with Crippen molar-refractivity contribution in [1.82, 2.24) is 0 Å². The van der Waals surface area contributed by atoms with Gasteiger partial charge in [-0.25, -0.2) is 0 Å². The Balaban J connectivity index is 1.31. The van der Waals surface area contributed by atoms with Gasteiger partial charge in [0.15, 0.2) is 35.1 Å². The van der Waals surface area contributed by atoms with Crippen LogP contribution in [-0.4, -0.2) is 92.0 Å². The molecular weight excluding hydrogens is 568 g/mol. The van der Waals surface area contributed by atoms with Crippen molar-refractivity contribution < 1.29 is 62.7 Å². The van der Waals surface area contributed by atoms with E-state index in [9.17, 15) is 20.1 Å². The summed E-state index contributed by atoms with van der Waals surface area (Å²) in [5, 5.41) is 32.7. The Labute approximate surface area is 247 Å². The lowest BCUT2D eigenvalue weighted by atomic mass is 9.66. The zero-order valence-corrected chi connectivity index (χ0v) is 24.1. The van der Waals surface area contributed by atoms with Crippen LogP contribution in [0.2, 0.25) is 0 Å². The molecule has 0 radical (unpaired) electrons. The van der Waals surface area contributed by atoms with Crippen molar-refractivity contribution in [3.8, 4) is 28.7 Å². The number of rotatable bonds is 5. The lowest BCUT2D eigenvalue weighted by molar-refractivity contribution is -0.388. The van der Waals surface area contributed by atoms with Crippen LogP contribution >= 0.6 is 0 Å². The van der Waals surface area contributed by atoms with Gasteiger partial charge in [0.25, 0.3) is 0 Å². The minimum absolute atomic E-state index is 0.0280. The second-order valence-electron chi connectivity index (χ2n) is 11.8. The van der Waals surface area contributed by atoms with E-state index in [2.05, 4.69) is 0 Å². The molecule has 232 valence electrons. The van der Waals surface area contributed by atoms with Crippen molar-refractivity contribution in [1.29, 1.82) is 0 Å². The van der Waals surface area contributed by atoms with Gasteiger partial charge in [0.05, 0.1) is 39.5 Å². The smallest absolute Gasteiger partial charge is 0.310 e. The highest BCUT2D eigenvalue weighted by Crippen LogP contribution is 2.57. The third kappa shape index (κ3) is 4.57. The molecule has 0 aromatic heterocycles. The van der Waals surface area contributed by atoms with Gasteiger partial charge in [-0.05, 0) is 54.8 Å². The quantitative estimate of drug-likeness (QED) is 0.425. The summed E-state index contributed by atoms with van der Waals surface area (Å²) in [7, 11) is 2.86. The topological polar surface area (TPSA) is 161 Å². The van der Waals surface area contributed by atoms with E-state index in [1.807, 2.05) is 0 Å². The van der Waals surface area contributed by atoms with Gasteiger partial charge >= 0.3 is 5.97 Å². The fourth-order valence-electron chi connectivity index (χ4n) is 6.87. The number of esters is 1. The average Bonchev–Trinajstić information content (AvgIpc) is 3.61. The summed E-state index contributed by atoms with van der Waals surface area (Å²) < 4.78 is 52.0. The Morgan fingerprint density at radius 1 is 0.907 bits per heavy atom. The molecule has 2 aromatic rings. The molecule has 0 amide bonds. The van der Waals surface area contributed by atoms with Crippen molar-refractivity contribution in [3.63, 3.8) is 0 Å². The molecule has 2 aromatic carbocycles. The molecule has 0 bridgehead atoms. The number of fused-ring (bicyclic) bond motifs is 4. The zero-order chi connectivity index (χ0) is 30.2. The Morgan fingerprint density at radius 3 is 2.26 bits per heavy atom. The Kier molecular flexibility index (Phi) is 6.87. The largest absolute Gasteiger partial charge is 0.502 e. The highest BCUT2D eigenvalue weighted by molar-refractivity contribution is 5.79. The highest BCUT2D eigenvalue weighted by atomic mass is 16.8. The predicted molar refractivity (Wildman–Crippen MR) is 143 cm³/mol. The number of phenolic OH excluding ortho intramolecular Hbond substituents is 1. The van der Waals surface area contributed by atoms with Gasteiger partial charge in [0.1, 0.15) is 24.4 Å². The third-order valence-electron chi connectivity index (χ3n) is 8.92. The second-order valence-corrected chi connectivity index (χ2v) is 11.8. The third-order valence-corrected chi connectivity index (χ3v) is 8.92. The summed E-state index contributed by atoms with van der Waals surface area (Å²) in [4.78, 5) is 13.4. The lowest BCUT2D eigenvalue weighted by Crippen LogP contribution is -2.65. The van der Waals surface area contributed by atoms with Crippen LogP contribution in [0.1, 0.15) is 42.6 Å². The summed E-state index contributed by atoms with van der Waals surface area (Å²) in [5.74, 6) is -2.00. The molecule has 0 spiro atoms. The fourth-order valence-corrected chi connectivity index (χ4v) is 6.87. The van der Waals surface area contributed by atoms with Crippen molar-refractivity contribution in [3.05, 3.63) is 41.0 Å². The number of carbonyl (C=O) groups excluding carboxylic acids is 1. The molecule has 43 heavy (non-hydrogen) atoms. The Hall–Kier alpha value is -3.33. The van der Waals surface area contributed by atoms with E-state index in [1.165, 1.54) is 14.2 Å².